The van der Waals surface area contributed by atoms with Crippen molar-refractivity contribution in [1.29, 1.82) is 0 Å². The summed E-state index contributed by atoms with van der Waals surface area (Å²) in [6.45, 7) is 2.39. The van der Waals surface area contributed by atoms with E-state index >= 15 is 0 Å². The summed E-state index contributed by atoms with van der Waals surface area (Å²) >= 11 is 3.27. The van der Waals surface area contributed by atoms with Crippen LogP contribution in [0, 0.1) is 0 Å². The Labute approximate surface area is 211 Å². The smallest absolute Gasteiger partial charge is 0.308 e. The van der Waals surface area contributed by atoms with Crippen LogP contribution in [0.15, 0.2) is 78.9 Å². The maximum absolute atomic E-state index is 13.0. The first-order chi connectivity index (χ1) is 16.7. The summed E-state index contributed by atoms with van der Waals surface area (Å²) in [5.74, 6) is -2.33. The molecule has 0 bridgehead atoms. The minimum atomic E-state index is -0.896. The van der Waals surface area contributed by atoms with Crippen molar-refractivity contribution in [3.8, 4) is 11.5 Å². The van der Waals surface area contributed by atoms with Crippen LogP contribution >= 0.6 is 15.9 Å². The van der Waals surface area contributed by atoms with Crippen LogP contribution in [0.5, 0.6) is 11.5 Å². The van der Waals surface area contributed by atoms with Crippen LogP contribution in [0.4, 0.5) is 0 Å². The van der Waals surface area contributed by atoms with Gasteiger partial charge in [-0.15, -0.1) is 0 Å². The molecule has 0 aliphatic rings. The van der Waals surface area contributed by atoms with Gasteiger partial charge in [0.15, 0.2) is 23.4 Å². The number of hydrogen-bond acceptors (Lipinski definition) is 7. The molecule has 0 saturated carbocycles. The fraction of sp³-hybridized carbons (Fsp3) is 0.185. The Bertz CT molecular complexity index is 1170. The third kappa shape index (κ3) is 7.35. The Balaban J connectivity index is 1.75. The van der Waals surface area contributed by atoms with E-state index in [1.807, 2.05) is 60.7 Å². The predicted octanol–water partition coefficient (Wildman–Crippen LogP) is 5.21. The van der Waals surface area contributed by atoms with E-state index < -0.39 is 34.6 Å². The van der Waals surface area contributed by atoms with E-state index in [1.54, 1.807) is 0 Å². The van der Waals surface area contributed by atoms with Crippen molar-refractivity contribution in [2.24, 2.45) is 0 Å². The Kier molecular flexibility index (Phi) is 8.92. The van der Waals surface area contributed by atoms with E-state index in [2.05, 4.69) is 15.9 Å². The number of ketones is 1. The highest BCUT2D eigenvalue weighted by molar-refractivity contribution is 9.10. The first kappa shape index (κ1) is 25.8. The number of halogens is 1. The van der Waals surface area contributed by atoms with Gasteiger partial charge in [-0.3, -0.25) is 19.2 Å². The molecule has 3 aromatic rings. The summed E-state index contributed by atoms with van der Waals surface area (Å²) in [6.07, 6.45) is -0.859. The number of alkyl halides is 1. The average Bonchev–Trinajstić information content (AvgIpc) is 2.83. The lowest BCUT2D eigenvalue weighted by Gasteiger charge is -2.20. The first-order valence-electron chi connectivity index (χ1n) is 10.7. The SMILES string of the molecule is CC(=O)Oc1ccc(C(=O)C(Br)CC(=O)OC(c2ccccc2)c2ccccc2)cc1OC(C)=O. The molecule has 0 aliphatic heterocycles. The number of carbonyl (C=O) groups excluding carboxylic acids is 4. The standard InChI is InChI=1S/C27H23BrO7/c1-17(29)33-23-14-13-21(15-24(23)34-18(2)30)26(32)22(28)16-25(31)35-27(19-9-5-3-6-10-19)20-11-7-4-8-12-20/h3-15,22,27H,16H2,1-2H3. The van der Waals surface area contributed by atoms with Crippen molar-refractivity contribution in [2.45, 2.75) is 31.2 Å². The molecule has 0 saturated heterocycles. The van der Waals surface area contributed by atoms with Gasteiger partial charge < -0.3 is 14.2 Å². The Hall–Kier alpha value is -3.78. The van der Waals surface area contributed by atoms with Gasteiger partial charge in [-0.1, -0.05) is 76.6 Å². The van der Waals surface area contributed by atoms with Crippen molar-refractivity contribution in [3.63, 3.8) is 0 Å². The Morgan fingerprint density at radius 3 is 1.77 bits per heavy atom. The number of ether oxygens (including phenoxy) is 3. The normalized spacial score (nSPS) is 11.4. The summed E-state index contributed by atoms with van der Waals surface area (Å²) in [6, 6.07) is 22.7. The van der Waals surface area contributed by atoms with Crippen molar-refractivity contribution in [3.05, 3.63) is 95.6 Å². The lowest BCUT2D eigenvalue weighted by molar-refractivity contribution is -0.147. The minimum absolute atomic E-state index is 0.00310. The second kappa shape index (κ2) is 12.1. The molecule has 1 unspecified atom stereocenters. The molecule has 0 aromatic heterocycles. The number of carbonyl (C=O) groups is 4. The molecule has 7 nitrogen and oxygen atoms in total. The van der Waals surface area contributed by atoms with Gasteiger partial charge >= 0.3 is 17.9 Å². The van der Waals surface area contributed by atoms with Crippen LogP contribution in [-0.2, 0) is 19.1 Å². The lowest BCUT2D eigenvalue weighted by atomic mass is 10.0. The second-order valence-electron chi connectivity index (χ2n) is 7.58. The summed E-state index contributed by atoms with van der Waals surface area (Å²) in [4.78, 5) is 47.6. The molecular formula is C27H23BrO7. The van der Waals surface area contributed by atoms with Gasteiger partial charge in [0.05, 0.1) is 11.2 Å². The van der Waals surface area contributed by atoms with Crippen LogP contribution in [0.3, 0.4) is 0 Å². The van der Waals surface area contributed by atoms with Crippen molar-refractivity contribution < 1.29 is 33.4 Å². The van der Waals surface area contributed by atoms with Crippen LogP contribution in [0.2, 0.25) is 0 Å². The fourth-order valence-corrected chi connectivity index (χ4v) is 3.85. The van der Waals surface area contributed by atoms with Gasteiger partial charge in [-0.05, 0) is 29.3 Å². The molecule has 180 valence electrons. The third-order valence-electron chi connectivity index (χ3n) is 4.82. The van der Waals surface area contributed by atoms with Crippen LogP contribution < -0.4 is 9.47 Å². The summed E-state index contributed by atoms with van der Waals surface area (Å²) in [7, 11) is 0. The average molecular weight is 539 g/mol. The van der Waals surface area contributed by atoms with Crippen molar-refractivity contribution >= 4 is 39.6 Å². The van der Waals surface area contributed by atoms with E-state index in [0.29, 0.717) is 0 Å². The largest absolute Gasteiger partial charge is 0.452 e. The maximum atomic E-state index is 13.0. The van der Waals surface area contributed by atoms with E-state index in [9.17, 15) is 19.2 Å². The molecule has 0 amide bonds. The zero-order chi connectivity index (χ0) is 25.4. The summed E-state index contributed by atoms with van der Waals surface area (Å²) in [5, 5.41) is 0. The molecule has 0 fully saturated rings. The molecular weight excluding hydrogens is 516 g/mol. The molecule has 3 aromatic carbocycles. The fourth-order valence-electron chi connectivity index (χ4n) is 3.32. The number of rotatable bonds is 9. The monoisotopic (exact) mass is 538 g/mol. The van der Waals surface area contributed by atoms with Crippen LogP contribution in [0.25, 0.3) is 0 Å². The zero-order valence-corrected chi connectivity index (χ0v) is 20.7. The van der Waals surface area contributed by atoms with Crippen LogP contribution in [-0.4, -0.2) is 28.5 Å². The Morgan fingerprint density at radius 2 is 1.26 bits per heavy atom. The molecule has 0 heterocycles. The molecule has 0 spiro atoms. The highest BCUT2D eigenvalue weighted by Gasteiger charge is 2.26. The number of hydrogen-bond donors (Lipinski definition) is 0. The van der Waals surface area contributed by atoms with Crippen molar-refractivity contribution in [1.82, 2.24) is 0 Å². The molecule has 35 heavy (non-hydrogen) atoms. The van der Waals surface area contributed by atoms with Gasteiger partial charge in [-0.25, -0.2) is 0 Å². The van der Waals surface area contributed by atoms with Gasteiger partial charge in [0.2, 0.25) is 0 Å². The number of Topliss-reactive ketones (excluding diaryl/α,β-unsaturated/α-hetero) is 1. The molecule has 0 radical (unpaired) electrons. The van der Waals surface area contributed by atoms with E-state index in [0.717, 1.165) is 11.1 Å². The van der Waals surface area contributed by atoms with E-state index in [-0.39, 0.29) is 23.5 Å². The quantitative estimate of drug-likeness (QED) is 0.160. The molecule has 1 atom stereocenters. The van der Waals surface area contributed by atoms with Gasteiger partial charge in [-0.2, -0.15) is 0 Å². The van der Waals surface area contributed by atoms with Crippen LogP contribution in [0.1, 0.15) is 47.9 Å². The minimum Gasteiger partial charge on any atom is -0.452 e. The third-order valence-corrected chi connectivity index (χ3v) is 5.56. The maximum Gasteiger partial charge on any atom is 0.308 e. The second-order valence-corrected chi connectivity index (χ2v) is 8.68. The van der Waals surface area contributed by atoms with E-state index in [4.69, 9.17) is 14.2 Å². The summed E-state index contributed by atoms with van der Waals surface area (Å²) < 4.78 is 15.9. The molecule has 0 aliphatic carbocycles. The lowest BCUT2D eigenvalue weighted by Crippen LogP contribution is -2.22. The number of esters is 3. The van der Waals surface area contributed by atoms with Gasteiger partial charge in [0.1, 0.15) is 0 Å². The highest BCUT2D eigenvalue weighted by atomic mass is 79.9. The zero-order valence-electron chi connectivity index (χ0n) is 19.1. The van der Waals surface area contributed by atoms with E-state index in [1.165, 1.54) is 32.0 Å². The topological polar surface area (TPSA) is 96.0 Å². The highest BCUT2D eigenvalue weighted by Crippen LogP contribution is 2.31. The predicted molar refractivity (Wildman–Crippen MR) is 132 cm³/mol. The van der Waals surface area contributed by atoms with Gasteiger partial charge in [0, 0.05) is 19.4 Å². The molecule has 8 heteroatoms. The Morgan fingerprint density at radius 1 is 0.743 bits per heavy atom. The molecule has 3 rings (SSSR count). The van der Waals surface area contributed by atoms with Crippen molar-refractivity contribution in [2.75, 3.05) is 0 Å². The summed E-state index contributed by atoms with van der Waals surface area (Å²) in [5.41, 5.74) is 1.77. The molecule has 0 N–H and O–H groups in total. The van der Waals surface area contributed by atoms with Gasteiger partial charge in [0.25, 0.3) is 0 Å². The number of benzene rings is 3. The first-order valence-corrected chi connectivity index (χ1v) is 11.6.